The summed E-state index contributed by atoms with van der Waals surface area (Å²) in [4.78, 5) is 12.9. The van der Waals surface area contributed by atoms with Gasteiger partial charge in [0.15, 0.2) is 16.7 Å². The van der Waals surface area contributed by atoms with Gasteiger partial charge in [0, 0.05) is 0 Å². The average molecular weight is 497 g/mol. The van der Waals surface area contributed by atoms with E-state index in [0.717, 1.165) is 16.9 Å². The third-order valence-corrected chi connectivity index (χ3v) is 6.43. The van der Waals surface area contributed by atoms with Crippen molar-refractivity contribution in [2.24, 2.45) is 0 Å². The number of nitrogens with one attached hydrogen (secondary N) is 1. The summed E-state index contributed by atoms with van der Waals surface area (Å²) in [6, 6.07) is 28.8. The van der Waals surface area contributed by atoms with Gasteiger partial charge in [-0.3, -0.25) is 9.36 Å². The molecule has 1 N–H and O–H groups in total. The molecule has 0 bridgehead atoms. The summed E-state index contributed by atoms with van der Waals surface area (Å²) < 4.78 is 13.5. The summed E-state index contributed by atoms with van der Waals surface area (Å²) in [6.45, 7) is 2.47. The Kier molecular flexibility index (Phi) is 7.14. The maximum atomic E-state index is 12.9. The van der Waals surface area contributed by atoms with Crippen molar-refractivity contribution in [3.8, 4) is 22.9 Å². The molecule has 180 valence electrons. The molecule has 0 fully saturated rings. The van der Waals surface area contributed by atoms with Gasteiger partial charge in [-0.2, -0.15) is 0 Å². The Morgan fingerprint density at radius 3 is 2.42 bits per heavy atom. The Morgan fingerprint density at radius 2 is 1.67 bits per heavy atom. The van der Waals surface area contributed by atoms with E-state index in [1.165, 1.54) is 11.8 Å². The van der Waals surface area contributed by atoms with E-state index in [1.807, 2.05) is 90.4 Å². The summed E-state index contributed by atoms with van der Waals surface area (Å²) in [5.41, 5.74) is 2.59. The van der Waals surface area contributed by atoms with Crippen LogP contribution in [0.25, 0.3) is 11.4 Å². The Morgan fingerprint density at radius 1 is 0.944 bits per heavy atom. The Labute approximate surface area is 213 Å². The second-order valence-corrected chi connectivity index (χ2v) is 8.96. The van der Waals surface area contributed by atoms with Gasteiger partial charge in [-0.05, 0) is 42.8 Å². The van der Waals surface area contributed by atoms with Gasteiger partial charge < -0.3 is 14.5 Å². The van der Waals surface area contributed by atoms with E-state index in [4.69, 9.17) is 9.15 Å². The van der Waals surface area contributed by atoms with Crippen molar-refractivity contribution in [3.63, 3.8) is 0 Å². The van der Waals surface area contributed by atoms with Crippen LogP contribution in [0, 0.1) is 6.92 Å². The van der Waals surface area contributed by atoms with E-state index in [0.29, 0.717) is 34.7 Å². The second kappa shape index (κ2) is 11.0. The van der Waals surface area contributed by atoms with E-state index < -0.39 is 0 Å². The molecule has 0 unspecified atom stereocenters. The first-order valence-corrected chi connectivity index (χ1v) is 12.4. The van der Waals surface area contributed by atoms with Gasteiger partial charge >= 0.3 is 0 Å². The summed E-state index contributed by atoms with van der Waals surface area (Å²) >= 11 is 1.33. The number of amides is 1. The van der Waals surface area contributed by atoms with Crippen LogP contribution < -0.4 is 10.1 Å². The molecular weight excluding hydrogens is 472 g/mol. The standard InChI is InChI=1S/C28H24N4O3S/c1-20-23(16-17-34-20)27-30-31-28(32(27)18-21-10-4-2-5-11-21)36-19-26(33)29-24-14-8-9-15-25(24)35-22-12-6-3-7-13-22/h2-17H,18-19H2,1H3,(H,29,33). The van der Waals surface area contributed by atoms with Crippen LogP contribution in [0.5, 0.6) is 11.5 Å². The molecule has 0 spiro atoms. The van der Waals surface area contributed by atoms with Crippen LogP contribution in [-0.4, -0.2) is 26.4 Å². The van der Waals surface area contributed by atoms with Crippen LogP contribution in [-0.2, 0) is 11.3 Å². The number of hydrogen-bond acceptors (Lipinski definition) is 6. The minimum Gasteiger partial charge on any atom is -0.469 e. The van der Waals surface area contributed by atoms with Gasteiger partial charge in [-0.1, -0.05) is 72.4 Å². The maximum Gasteiger partial charge on any atom is 0.234 e. The van der Waals surface area contributed by atoms with Gasteiger partial charge in [0.2, 0.25) is 5.91 Å². The van der Waals surface area contributed by atoms with Gasteiger partial charge in [0.25, 0.3) is 0 Å². The molecule has 0 aliphatic carbocycles. The van der Waals surface area contributed by atoms with E-state index in [1.54, 1.807) is 6.26 Å². The zero-order valence-corrected chi connectivity index (χ0v) is 20.4. The number of carbonyl (C=O) groups is 1. The van der Waals surface area contributed by atoms with Gasteiger partial charge in [-0.15, -0.1) is 10.2 Å². The van der Waals surface area contributed by atoms with Gasteiger partial charge in [-0.25, -0.2) is 0 Å². The smallest absolute Gasteiger partial charge is 0.234 e. The minimum atomic E-state index is -0.167. The zero-order valence-electron chi connectivity index (χ0n) is 19.6. The summed E-state index contributed by atoms with van der Waals surface area (Å²) in [7, 11) is 0. The van der Waals surface area contributed by atoms with Crippen molar-refractivity contribution in [2.75, 3.05) is 11.1 Å². The predicted molar refractivity (Wildman–Crippen MR) is 140 cm³/mol. The molecule has 3 aromatic carbocycles. The highest BCUT2D eigenvalue weighted by atomic mass is 32.2. The number of carbonyl (C=O) groups excluding carboxylic acids is 1. The van der Waals surface area contributed by atoms with Gasteiger partial charge in [0.05, 0.1) is 29.8 Å². The second-order valence-electron chi connectivity index (χ2n) is 8.02. The van der Waals surface area contributed by atoms with Crippen LogP contribution in [0.15, 0.2) is 107 Å². The fourth-order valence-corrected chi connectivity index (χ4v) is 4.45. The number of aryl methyl sites for hydroxylation is 1. The average Bonchev–Trinajstić information content (AvgIpc) is 3.50. The number of anilines is 1. The van der Waals surface area contributed by atoms with E-state index >= 15 is 0 Å². The number of hydrogen-bond donors (Lipinski definition) is 1. The summed E-state index contributed by atoms with van der Waals surface area (Å²) in [5, 5.41) is 12.4. The number of nitrogens with zero attached hydrogens (tertiary/aromatic N) is 3. The first kappa shape index (κ1) is 23.4. The van der Waals surface area contributed by atoms with Crippen molar-refractivity contribution in [2.45, 2.75) is 18.6 Å². The molecule has 2 heterocycles. The molecule has 0 aliphatic rings. The lowest BCUT2D eigenvalue weighted by Gasteiger charge is -2.12. The number of benzene rings is 3. The topological polar surface area (TPSA) is 82.2 Å². The molecule has 5 rings (SSSR count). The summed E-state index contributed by atoms with van der Waals surface area (Å²) in [6.07, 6.45) is 1.64. The molecule has 0 radical (unpaired) electrons. The summed E-state index contributed by atoms with van der Waals surface area (Å²) in [5.74, 6) is 2.74. The molecule has 0 atom stereocenters. The quantitative estimate of drug-likeness (QED) is 0.237. The molecule has 7 nitrogen and oxygen atoms in total. The normalized spacial score (nSPS) is 10.8. The SMILES string of the molecule is Cc1occc1-c1nnc(SCC(=O)Nc2ccccc2Oc2ccccc2)n1Cc1ccccc1. The van der Waals surface area contributed by atoms with E-state index in [9.17, 15) is 4.79 Å². The van der Waals surface area contributed by atoms with Crippen LogP contribution in [0.2, 0.25) is 0 Å². The van der Waals surface area contributed by atoms with Crippen LogP contribution in [0.1, 0.15) is 11.3 Å². The number of furan rings is 1. The van der Waals surface area contributed by atoms with Crippen LogP contribution in [0.3, 0.4) is 0 Å². The molecule has 0 saturated carbocycles. The molecule has 8 heteroatoms. The highest BCUT2D eigenvalue weighted by Crippen LogP contribution is 2.30. The van der Waals surface area contributed by atoms with Crippen molar-refractivity contribution in [3.05, 3.63) is 109 Å². The van der Waals surface area contributed by atoms with Crippen LogP contribution >= 0.6 is 11.8 Å². The van der Waals surface area contributed by atoms with Crippen LogP contribution in [0.4, 0.5) is 5.69 Å². The Hall–Kier alpha value is -4.30. The lowest BCUT2D eigenvalue weighted by atomic mass is 10.2. The fraction of sp³-hybridized carbons (Fsp3) is 0.107. The third kappa shape index (κ3) is 5.50. The minimum absolute atomic E-state index is 0.164. The van der Waals surface area contributed by atoms with Gasteiger partial charge in [0.1, 0.15) is 11.5 Å². The maximum absolute atomic E-state index is 12.9. The highest BCUT2D eigenvalue weighted by molar-refractivity contribution is 7.99. The van der Waals surface area contributed by atoms with Crippen molar-refractivity contribution in [1.82, 2.24) is 14.8 Å². The molecule has 2 aromatic heterocycles. The Bertz CT molecular complexity index is 1450. The molecule has 0 aliphatic heterocycles. The monoisotopic (exact) mass is 496 g/mol. The van der Waals surface area contributed by atoms with Crippen molar-refractivity contribution < 1.29 is 13.9 Å². The van der Waals surface area contributed by atoms with Crippen molar-refractivity contribution in [1.29, 1.82) is 0 Å². The highest BCUT2D eigenvalue weighted by Gasteiger charge is 2.19. The Balaban J connectivity index is 1.32. The first-order chi connectivity index (χ1) is 17.7. The van der Waals surface area contributed by atoms with E-state index in [2.05, 4.69) is 27.6 Å². The molecule has 0 saturated heterocycles. The lowest BCUT2D eigenvalue weighted by molar-refractivity contribution is -0.113. The van der Waals surface area contributed by atoms with E-state index in [-0.39, 0.29) is 11.7 Å². The predicted octanol–water partition coefficient (Wildman–Crippen LogP) is 6.42. The zero-order chi connectivity index (χ0) is 24.7. The van der Waals surface area contributed by atoms with Crippen molar-refractivity contribution >= 4 is 23.4 Å². The molecule has 36 heavy (non-hydrogen) atoms. The lowest BCUT2D eigenvalue weighted by Crippen LogP contribution is -2.15. The number of rotatable bonds is 9. The molecule has 1 amide bonds. The first-order valence-electron chi connectivity index (χ1n) is 11.4. The largest absolute Gasteiger partial charge is 0.469 e. The molecule has 5 aromatic rings. The number of thioether (sulfide) groups is 1. The molecular formula is C28H24N4O3S. The number of ether oxygens (including phenoxy) is 1. The number of aromatic nitrogens is 3. The fourth-order valence-electron chi connectivity index (χ4n) is 3.71. The third-order valence-electron chi connectivity index (χ3n) is 5.46. The number of para-hydroxylation sites is 3.